The zero-order chi connectivity index (χ0) is 22.1. The second kappa shape index (κ2) is 10.7. The fourth-order valence-electron chi connectivity index (χ4n) is 2.97. The second-order valence-corrected chi connectivity index (χ2v) is 8.08. The number of rotatable bonds is 10. The van der Waals surface area contributed by atoms with Gasteiger partial charge in [0.05, 0.1) is 5.56 Å². The number of ether oxygens (including phenoxy) is 2. The SMILES string of the molecule is CCCCCN(c1ccc(C(=O)O)cc1)c1cccc(OCC(=O)OC(C)(C)C)c1. The van der Waals surface area contributed by atoms with Gasteiger partial charge in [-0.15, -0.1) is 0 Å². The van der Waals surface area contributed by atoms with Gasteiger partial charge in [-0.1, -0.05) is 25.8 Å². The van der Waals surface area contributed by atoms with Crippen LogP contribution in [-0.2, 0) is 9.53 Å². The molecule has 0 spiro atoms. The lowest BCUT2D eigenvalue weighted by Crippen LogP contribution is -2.27. The number of carbonyl (C=O) groups excluding carboxylic acids is 1. The standard InChI is InChI=1S/C24H31NO5/c1-5-6-7-15-25(19-13-11-18(12-14-19)23(27)28)20-9-8-10-21(16-20)29-17-22(26)30-24(2,3)4/h8-14,16H,5-7,15,17H2,1-4H3,(H,27,28). The number of hydrogen-bond acceptors (Lipinski definition) is 5. The largest absolute Gasteiger partial charge is 0.482 e. The summed E-state index contributed by atoms with van der Waals surface area (Å²) in [5, 5.41) is 9.15. The van der Waals surface area contributed by atoms with E-state index in [4.69, 9.17) is 14.6 Å². The zero-order valence-corrected chi connectivity index (χ0v) is 18.2. The lowest BCUT2D eigenvalue weighted by molar-refractivity contribution is -0.157. The van der Waals surface area contributed by atoms with Crippen LogP contribution in [0.1, 0.15) is 57.3 Å². The smallest absolute Gasteiger partial charge is 0.344 e. The molecule has 0 atom stereocenters. The number of unbranched alkanes of at least 4 members (excludes halogenated alkanes) is 2. The molecule has 0 saturated carbocycles. The molecule has 6 heteroatoms. The lowest BCUT2D eigenvalue weighted by atomic mass is 10.1. The van der Waals surface area contributed by atoms with Crippen molar-refractivity contribution in [3.63, 3.8) is 0 Å². The molecule has 0 amide bonds. The van der Waals surface area contributed by atoms with Crippen LogP contribution in [0, 0.1) is 0 Å². The molecule has 1 N–H and O–H groups in total. The molecule has 0 aromatic heterocycles. The normalized spacial score (nSPS) is 11.1. The fourth-order valence-corrected chi connectivity index (χ4v) is 2.97. The number of aromatic carboxylic acids is 1. The summed E-state index contributed by atoms with van der Waals surface area (Å²) < 4.78 is 10.9. The first-order valence-corrected chi connectivity index (χ1v) is 10.2. The molecule has 0 aliphatic heterocycles. The van der Waals surface area contributed by atoms with Crippen LogP contribution in [0.15, 0.2) is 48.5 Å². The maximum atomic E-state index is 11.9. The van der Waals surface area contributed by atoms with Gasteiger partial charge in [-0.25, -0.2) is 9.59 Å². The van der Waals surface area contributed by atoms with Gasteiger partial charge in [0.2, 0.25) is 0 Å². The van der Waals surface area contributed by atoms with Crippen LogP contribution in [0.2, 0.25) is 0 Å². The highest BCUT2D eigenvalue weighted by Crippen LogP contribution is 2.29. The highest BCUT2D eigenvalue weighted by Gasteiger charge is 2.17. The van der Waals surface area contributed by atoms with E-state index in [1.807, 2.05) is 51.1 Å². The van der Waals surface area contributed by atoms with Gasteiger partial charge in [-0.05, 0) is 63.6 Å². The van der Waals surface area contributed by atoms with E-state index in [0.29, 0.717) is 5.75 Å². The summed E-state index contributed by atoms with van der Waals surface area (Å²) in [6.45, 7) is 8.22. The molecule has 2 aromatic rings. The summed E-state index contributed by atoms with van der Waals surface area (Å²) in [6.07, 6.45) is 3.20. The van der Waals surface area contributed by atoms with Crippen LogP contribution < -0.4 is 9.64 Å². The van der Waals surface area contributed by atoms with Crippen LogP contribution >= 0.6 is 0 Å². The molecule has 6 nitrogen and oxygen atoms in total. The Morgan fingerprint density at radius 2 is 1.70 bits per heavy atom. The molecule has 0 aliphatic carbocycles. The number of nitrogens with zero attached hydrogens (tertiary/aromatic N) is 1. The van der Waals surface area contributed by atoms with E-state index >= 15 is 0 Å². The summed E-state index contributed by atoms with van der Waals surface area (Å²) in [4.78, 5) is 25.2. The van der Waals surface area contributed by atoms with Gasteiger partial charge in [0.15, 0.2) is 6.61 Å². The van der Waals surface area contributed by atoms with E-state index in [2.05, 4.69) is 11.8 Å². The Morgan fingerprint density at radius 1 is 1.00 bits per heavy atom. The van der Waals surface area contributed by atoms with Crippen molar-refractivity contribution in [3.8, 4) is 5.75 Å². The molecule has 0 saturated heterocycles. The molecular formula is C24H31NO5. The van der Waals surface area contributed by atoms with Gasteiger partial charge in [0.1, 0.15) is 11.4 Å². The molecule has 0 heterocycles. The average molecular weight is 414 g/mol. The molecule has 0 fully saturated rings. The van der Waals surface area contributed by atoms with Crippen LogP contribution in [0.4, 0.5) is 11.4 Å². The van der Waals surface area contributed by atoms with Crippen LogP contribution in [-0.4, -0.2) is 35.8 Å². The summed E-state index contributed by atoms with van der Waals surface area (Å²) in [7, 11) is 0. The van der Waals surface area contributed by atoms with Gasteiger partial charge in [0, 0.05) is 24.0 Å². The van der Waals surface area contributed by atoms with E-state index in [9.17, 15) is 9.59 Å². The quantitative estimate of drug-likeness (QED) is 0.413. The van der Waals surface area contributed by atoms with Crippen molar-refractivity contribution in [2.75, 3.05) is 18.1 Å². The Labute approximate surface area is 178 Å². The maximum Gasteiger partial charge on any atom is 0.344 e. The second-order valence-electron chi connectivity index (χ2n) is 8.08. The molecule has 2 rings (SSSR count). The topological polar surface area (TPSA) is 76.1 Å². The first-order chi connectivity index (χ1) is 14.2. The highest BCUT2D eigenvalue weighted by molar-refractivity contribution is 5.88. The lowest BCUT2D eigenvalue weighted by Gasteiger charge is -2.26. The minimum absolute atomic E-state index is 0.163. The third kappa shape index (κ3) is 7.43. The molecule has 162 valence electrons. The van der Waals surface area contributed by atoms with E-state index < -0.39 is 17.5 Å². The average Bonchev–Trinajstić information content (AvgIpc) is 2.69. The third-order valence-corrected chi connectivity index (χ3v) is 4.32. The molecule has 2 aromatic carbocycles. The fraction of sp³-hybridized carbons (Fsp3) is 0.417. The van der Waals surface area contributed by atoms with E-state index in [-0.39, 0.29) is 12.2 Å². The summed E-state index contributed by atoms with van der Waals surface area (Å²) in [6, 6.07) is 14.3. The van der Waals surface area contributed by atoms with Crippen molar-refractivity contribution in [3.05, 3.63) is 54.1 Å². The minimum Gasteiger partial charge on any atom is -0.482 e. The predicted molar refractivity (Wildman–Crippen MR) is 118 cm³/mol. The number of carboxylic acids is 1. The molecule has 0 radical (unpaired) electrons. The monoisotopic (exact) mass is 413 g/mol. The molecule has 0 unspecified atom stereocenters. The van der Waals surface area contributed by atoms with E-state index in [1.165, 1.54) is 0 Å². The Bertz CT molecular complexity index is 839. The molecule has 0 bridgehead atoms. The Balaban J connectivity index is 2.18. The number of hydrogen-bond donors (Lipinski definition) is 1. The van der Waals surface area contributed by atoms with Gasteiger partial charge in [-0.2, -0.15) is 0 Å². The van der Waals surface area contributed by atoms with Crippen molar-refractivity contribution in [1.82, 2.24) is 0 Å². The van der Waals surface area contributed by atoms with Gasteiger partial charge in [0.25, 0.3) is 0 Å². The summed E-state index contributed by atoms with van der Waals surface area (Å²) >= 11 is 0. The molecule has 30 heavy (non-hydrogen) atoms. The molecular weight excluding hydrogens is 382 g/mol. The summed E-state index contributed by atoms with van der Waals surface area (Å²) in [5.41, 5.74) is 1.51. The van der Waals surface area contributed by atoms with Crippen LogP contribution in [0.3, 0.4) is 0 Å². The van der Waals surface area contributed by atoms with Crippen molar-refractivity contribution in [2.24, 2.45) is 0 Å². The van der Waals surface area contributed by atoms with Gasteiger partial charge < -0.3 is 19.5 Å². The number of carboxylic acid groups (broad SMARTS) is 1. The van der Waals surface area contributed by atoms with E-state index in [1.54, 1.807) is 18.2 Å². The Kier molecular flexibility index (Phi) is 8.27. The van der Waals surface area contributed by atoms with Crippen molar-refractivity contribution >= 4 is 23.3 Å². The van der Waals surface area contributed by atoms with Crippen molar-refractivity contribution in [2.45, 2.75) is 52.6 Å². The van der Waals surface area contributed by atoms with Crippen molar-refractivity contribution in [1.29, 1.82) is 0 Å². The van der Waals surface area contributed by atoms with Crippen molar-refractivity contribution < 1.29 is 24.2 Å². The maximum absolute atomic E-state index is 11.9. The third-order valence-electron chi connectivity index (χ3n) is 4.32. The highest BCUT2D eigenvalue weighted by atomic mass is 16.6. The summed E-state index contributed by atoms with van der Waals surface area (Å²) in [5.74, 6) is -0.797. The first kappa shape index (κ1) is 23.3. The van der Waals surface area contributed by atoms with Gasteiger partial charge >= 0.3 is 11.9 Å². The number of anilines is 2. The van der Waals surface area contributed by atoms with E-state index in [0.717, 1.165) is 37.2 Å². The molecule has 0 aliphatic rings. The minimum atomic E-state index is -0.948. The zero-order valence-electron chi connectivity index (χ0n) is 18.2. The predicted octanol–water partition coefficient (Wildman–Crippen LogP) is 5.43. The number of benzene rings is 2. The first-order valence-electron chi connectivity index (χ1n) is 10.2. The van der Waals surface area contributed by atoms with Crippen LogP contribution in [0.25, 0.3) is 0 Å². The van der Waals surface area contributed by atoms with Crippen LogP contribution in [0.5, 0.6) is 5.75 Å². The Morgan fingerprint density at radius 3 is 2.30 bits per heavy atom. The number of carbonyl (C=O) groups is 2. The Hall–Kier alpha value is -3.02. The number of esters is 1. The van der Waals surface area contributed by atoms with Gasteiger partial charge in [-0.3, -0.25) is 0 Å².